The summed E-state index contributed by atoms with van der Waals surface area (Å²) in [5.74, 6) is 0.537. The molecule has 2 nitrogen and oxygen atoms in total. The fourth-order valence-electron chi connectivity index (χ4n) is 2.16. The Bertz CT molecular complexity index is 335. The first-order chi connectivity index (χ1) is 6.66. The van der Waals surface area contributed by atoms with Crippen molar-refractivity contribution in [2.45, 2.75) is 45.1 Å². The van der Waals surface area contributed by atoms with Gasteiger partial charge in [-0.2, -0.15) is 0 Å². The summed E-state index contributed by atoms with van der Waals surface area (Å²) in [6.07, 6.45) is 2.49. The van der Waals surface area contributed by atoms with Gasteiger partial charge in [0.2, 0.25) is 0 Å². The summed E-state index contributed by atoms with van der Waals surface area (Å²) in [4.78, 5) is 4.51. The Labute approximate surface area is 85.0 Å². The second-order valence-electron chi connectivity index (χ2n) is 4.32. The maximum atomic E-state index is 9.70. The van der Waals surface area contributed by atoms with Gasteiger partial charge >= 0.3 is 0 Å². The number of aryl methyl sites for hydroxylation is 1. The van der Waals surface area contributed by atoms with Crippen LogP contribution in [0.2, 0.25) is 0 Å². The predicted octanol–water partition coefficient (Wildman–Crippen LogP) is 2.19. The van der Waals surface area contributed by atoms with Gasteiger partial charge < -0.3 is 5.11 Å². The standard InChI is InChI=1S/C12H17NO/c1-8-3-5-10(14)7-12-11(8)6-4-9(2)13-12/h4,6,8,10,14H,3,5,7H2,1-2H3. The van der Waals surface area contributed by atoms with Crippen LogP contribution in [0.15, 0.2) is 12.1 Å². The number of pyridine rings is 1. The van der Waals surface area contributed by atoms with Gasteiger partial charge in [-0.1, -0.05) is 13.0 Å². The van der Waals surface area contributed by atoms with Crippen molar-refractivity contribution in [3.05, 3.63) is 29.1 Å². The number of hydrogen-bond acceptors (Lipinski definition) is 2. The van der Waals surface area contributed by atoms with E-state index < -0.39 is 0 Å². The van der Waals surface area contributed by atoms with E-state index in [1.807, 2.05) is 6.92 Å². The van der Waals surface area contributed by atoms with Crippen molar-refractivity contribution in [1.82, 2.24) is 4.98 Å². The molecule has 0 bridgehead atoms. The smallest absolute Gasteiger partial charge is 0.0596 e. The minimum atomic E-state index is -0.201. The lowest BCUT2D eigenvalue weighted by Crippen LogP contribution is -2.09. The van der Waals surface area contributed by atoms with Crippen LogP contribution in [0.4, 0.5) is 0 Å². The molecule has 1 heterocycles. The van der Waals surface area contributed by atoms with Gasteiger partial charge in [0.25, 0.3) is 0 Å². The molecule has 2 heteroatoms. The molecule has 2 atom stereocenters. The molecule has 1 aromatic heterocycles. The fourth-order valence-corrected chi connectivity index (χ4v) is 2.16. The first kappa shape index (κ1) is 9.66. The van der Waals surface area contributed by atoms with E-state index in [1.165, 1.54) is 5.56 Å². The average molecular weight is 191 g/mol. The zero-order valence-corrected chi connectivity index (χ0v) is 8.83. The molecule has 1 aromatic rings. The topological polar surface area (TPSA) is 33.1 Å². The number of aliphatic hydroxyl groups excluding tert-OH is 1. The third kappa shape index (κ3) is 1.80. The Kier molecular flexibility index (Phi) is 2.55. The van der Waals surface area contributed by atoms with Crippen LogP contribution in [0.5, 0.6) is 0 Å². The molecule has 2 rings (SSSR count). The van der Waals surface area contributed by atoms with Crippen LogP contribution in [0.1, 0.15) is 42.6 Å². The lowest BCUT2D eigenvalue weighted by Gasteiger charge is -2.11. The molecule has 1 aliphatic rings. The molecule has 0 aromatic carbocycles. The largest absolute Gasteiger partial charge is 0.393 e. The third-order valence-electron chi connectivity index (χ3n) is 3.04. The molecule has 2 unspecified atom stereocenters. The highest BCUT2D eigenvalue weighted by atomic mass is 16.3. The third-order valence-corrected chi connectivity index (χ3v) is 3.04. The van der Waals surface area contributed by atoms with Crippen molar-refractivity contribution in [3.63, 3.8) is 0 Å². The van der Waals surface area contributed by atoms with Crippen molar-refractivity contribution >= 4 is 0 Å². The number of aliphatic hydroxyl groups is 1. The molecular formula is C12H17NO. The molecule has 0 spiro atoms. The summed E-state index contributed by atoms with van der Waals surface area (Å²) in [6, 6.07) is 4.23. The average Bonchev–Trinajstić information content (AvgIpc) is 2.26. The van der Waals surface area contributed by atoms with Gasteiger partial charge in [0.1, 0.15) is 0 Å². The molecule has 0 radical (unpaired) electrons. The molecule has 0 amide bonds. The van der Waals surface area contributed by atoms with Crippen molar-refractivity contribution in [1.29, 1.82) is 0 Å². The van der Waals surface area contributed by atoms with Gasteiger partial charge in [-0.25, -0.2) is 0 Å². The summed E-state index contributed by atoms with van der Waals surface area (Å²) in [5.41, 5.74) is 3.47. The number of nitrogens with zero attached hydrogens (tertiary/aromatic N) is 1. The van der Waals surface area contributed by atoms with E-state index >= 15 is 0 Å². The summed E-state index contributed by atoms with van der Waals surface area (Å²) >= 11 is 0. The lowest BCUT2D eigenvalue weighted by atomic mass is 9.97. The molecule has 0 fully saturated rings. The second-order valence-corrected chi connectivity index (χ2v) is 4.32. The minimum Gasteiger partial charge on any atom is -0.393 e. The van der Waals surface area contributed by atoms with E-state index in [9.17, 15) is 5.11 Å². The van der Waals surface area contributed by atoms with Crippen LogP contribution < -0.4 is 0 Å². The van der Waals surface area contributed by atoms with Crippen LogP contribution in [0, 0.1) is 6.92 Å². The van der Waals surface area contributed by atoms with Gasteiger partial charge in [0.15, 0.2) is 0 Å². The van der Waals surface area contributed by atoms with E-state index in [1.54, 1.807) is 0 Å². The molecule has 14 heavy (non-hydrogen) atoms. The van der Waals surface area contributed by atoms with Gasteiger partial charge in [-0.05, 0) is 37.3 Å². The van der Waals surface area contributed by atoms with Gasteiger partial charge in [0, 0.05) is 17.8 Å². The van der Waals surface area contributed by atoms with E-state index in [-0.39, 0.29) is 6.10 Å². The highest BCUT2D eigenvalue weighted by Gasteiger charge is 2.20. The normalized spacial score (nSPS) is 26.8. The van der Waals surface area contributed by atoms with Crippen LogP contribution in [0.25, 0.3) is 0 Å². The molecule has 76 valence electrons. The predicted molar refractivity (Wildman–Crippen MR) is 56.3 cm³/mol. The Morgan fingerprint density at radius 2 is 2.14 bits per heavy atom. The Hall–Kier alpha value is -0.890. The molecule has 0 saturated heterocycles. The van der Waals surface area contributed by atoms with Gasteiger partial charge in [0.05, 0.1) is 6.10 Å². The Morgan fingerprint density at radius 3 is 2.93 bits per heavy atom. The summed E-state index contributed by atoms with van der Waals surface area (Å²) in [7, 11) is 0. The lowest BCUT2D eigenvalue weighted by molar-refractivity contribution is 0.163. The van der Waals surface area contributed by atoms with Crippen molar-refractivity contribution < 1.29 is 5.11 Å². The number of hydrogen-bond donors (Lipinski definition) is 1. The summed E-state index contributed by atoms with van der Waals surface area (Å²) in [6.45, 7) is 4.22. The monoisotopic (exact) mass is 191 g/mol. The van der Waals surface area contributed by atoms with E-state index in [0.29, 0.717) is 5.92 Å². The molecule has 0 aliphatic heterocycles. The first-order valence-electron chi connectivity index (χ1n) is 5.31. The van der Waals surface area contributed by atoms with Crippen LogP contribution in [-0.4, -0.2) is 16.2 Å². The minimum absolute atomic E-state index is 0.201. The first-order valence-corrected chi connectivity index (χ1v) is 5.31. The van der Waals surface area contributed by atoms with E-state index in [0.717, 1.165) is 30.7 Å². The van der Waals surface area contributed by atoms with E-state index in [2.05, 4.69) is 24.0 Å². The van der Waals surface area contributed by atoms with Gasteiger partial charge in [-0.15, -0.1) is 0 Å². The molecule has 0 saturated carbocycles. The van der Waals surface area contributed by atoms with Gasteiger partial charge in [-0.3, -0.25) is 4.98 Å². The SMILES string of the molecule is Cc1ccc2c(n1)CC(O)CCC2C. The number of fused-ring (bicyclic) bond motifs is 1. The van der Waals surface area contributed by atoms with Crippen LogP contribution >= 0.6 is 0 Å². The maximum Gasteiger partial charge on any atom is 0.0596 e. The second kappa shape index (κ2) is 3.70. The highest BCUT2D eigenvalue weighted by molar-refractivity contribution is 5.27. The number of aromatic nitrogens is 1. The van der Waals surface area contributed by atoms with Crippen LogP contribution in [0.3, 0.4) is 0 Å². The molecule has 1 aliphatic carbocycles. The number of rotatable bonds is 0. The quantitative estimate of drug-likeness (QED) is 0.638. The van der Waals surface area contributed by atoms with Crippen molar-refractivity contribution in [2.24, 2.45) is 0 Å². The van der Waals surface area contributed by atoms with E-state index in [4.69, 9.17) is 0 Å². The zero-order chi connectivity index (χ0) is 10.1. The molecule has 1 N–H and O–H groups in total. The van der Waals surface area contributed by atoms with Crippen molar-refractivity contribution in [3.8, 4) is 0 Å². The summed E-state index contributed by atoms with van der Waals surface area (Å²) in [5, 5.41) is 9.70. The zero-order valence-electron chi connectivity index (χ0n) is 8.83. The maximum absolute atomic E-state index is 9.70. The van der Waals surface area contributed by atoms with Crippen molar-refractivity contribution in [2.75, 3.05) is 0 Å². The molecular weight excluding hydrogens is 174 g/mol. The fraction of sp³-hybridized carbons (Fsp3) is 0.583. The Balaban J connectivity index is 2.41. The summed E-state index contributed by atoms with van der Waals surface area (Å²) < 4.78 is 0. The van der Waals surface area contributed by atoms with Crippen LogP contribution in [-0.2, 0) is 6.42 Å². The Morgan fingerprint density at radius 1 is 1.36 bits per heavy atom. The highest BCUT2D eigenvalue weighted by Crippen LogP contribution is 2.29.